The number of carbonyl (C=O) groups excluding carboxylic acids is 2. The van der Waals surface area contributed by atoms with E-state index in [1.807, 2.05) is 54.4 Å². The first-order valence-corrected chi connectivity index (χ1v) is 11.3. The van der Waals surface area contributed by atoms with E-state index in [0.717, 1.165) is 16.8 Å². The summed E-state index contributed by atoms with van der Waals surface area (Å²) in [5.74, 6) is -0.720. The van der Waals surface area contributed by atoms with Crippen molar-refractivity contribution in [3.05, 3.63) is 89.5 Å². The van der Waals surface area contributed by atoms with Crippen LogP contribution in [0, 0.1) is 12.7 Å². The van der Waals surface area contributed by atoms with Gasteiger partial charge in [0.2, 0.25) is 5.91 Å². The highest BCUT2D eigenvalue weighted by Gasteiger charge is 2.33. The molecule has 178 valence electrons. The lowest BCUT2D eigenvalue weighted by atomic mass is 9.98. The second-order valence-corrected chi connectivity index (χ2v) is 8.35. The number of para-hydroxylation sites is 1. The molecule has 0 aliphatic carbocycles. The van der Waals surface area contributed by atoms with E-state index >= 15 is 0 Å². The molecule has 3 amide bonds. The van der Waals surface area contributed by atoms with Crippen molar-refractivity contribution >= 4 is 17.6 Å². The average molecular weight is 465 g/mol. The fourth-order valence-corrected chi connectivity index (χ4v) is 4.22. The summed E-state index contributed by atoms with van der Waals surface area (Å²) in [5.41, 5.74) is 3.25. The quantitative estimate of drug-likeness (QED) is 0.574. The molecule has 4 rings (SSSR count). The Bertz CT molecular complexity index is 1140. The summed E-state index contributed by atoms with van der Waals surface area (Å²) in [6.07, 6.45) is 2.02. The number of benzene rings is 2. The van der Waals surface area contributed by atoms with Crippen molar-refractivity contribution in [2.24, 2.45) is 0 Å². The van der Waals surface area contributed by atoms with Crippen molar-refractivity contribution in [1.82, 2.24) is 14.4 Å². The molecule has 8 heteroatoms. The molecule has 0 saturated carbocycles. The van der Waals surface area contributed by atoms with Crippen LogP contribution in [0.15, 0.2) is 66.9 Å². The number of ether oxygens (including phenoxy) is 1. The Morgan fingerprint density at radius 3 is 2.59 bits per heavy atom. The molecular formula is C26H29FN4O3. The third-order valence-electron chi connectivity index (χ3n) is 6.05. The fourth-order valence-electron chi connectivity index (χ4n) is 4.22. The number of rotatable bonds is 7. The Labute approximate surface area is 198 Å². The first kappa shape index (κ1) is 23.5. The van der Waals surface area contributed by atoms with Crippen molar-refractivity contribution in [3.63, 3.8) is 0 Å². The normalized spacial score (nSPS) is 15.0. The van der Waals surface area contributed by atoms with E-state index in [9.17, 15) is 14.0 Å². The number of hydrogen-bond donors (Lipinski definition) is 1. The number of nitrogens with one attached hydrogen (secondary N) is 1. The van der Waals surface area contributed by atoms with Crippen LogP contribution < -0.4 is 5.32 Å². The van der Waals surface area contributed by atoms with Crippen LogP contribution in [0.5, 0.6) is 0 Å². The average Bonchev–Trinajstić information content (AvgIpc) is 3.32. The Morgan fingerprint density at radius 1 is 1.09 bits per heavy atom. The molecule has 34 heavy (non-hydrogen) atoms. The van der Waals surface area contributed by atoms with E-state index in [4.69, 9.17) is 4.74 Å². The maximum Gasteiger partial charge on any atom is 0.322 e. The van der Waals surface area contributed by atoms with Crippen molar-refractivity contribution in [1.29, 1.82) is 0 Å². The predicted octanol–water partition coefficient (Wildman–Crippen LogP) is 4.05. The second-order valence-electron chi connectivity index (χ2n) is 8.35. The van der Waals surface area contributed by atoms with Crippen molar-refractivity contribution in [3.8, 4) is 0 Å². The van der Waals surface area contributed by atoms with E-state index in [2.05, 4.69) is 9.88 Å². The first-order valence-electron chi connectivity index (χ1n) is 11.3. The molecule has 1 unspecified atom stereocenters. The van der Waals surface area contributed by atoms with E-state index in [1.54, 1.807) is 12.1 Å². The highest BCUT2D eigenvalue weighted by molar-refractivity contribution is 5.92. The van der Waals surface area contributed by atoms with E-state index in [-0.39, 0.29) is 37.3 Å². The predicted molar refractivity (Wildman–Crippen MR) is 128 cm³/mol. The molecule has 2 aromatic carbocycles. The standard InChI is InChI=1S/C26H29FN4O3/c1-19-9-11-20(12-10-19)25-23-8-5-13-29(23)14-15-31(25)24(32)18-30(16-17-34-2)26(33)28-22-7-4-3-6-21(22)27/h3-13,25H,14-18H2,1-2H3,(H,28,33). The van der Waals surface area contributed by atoms with Gasteiger partial charge in [0.25, 0.3) is 0 Å². The number of anilines is 1. The van der Waals surface area contributed by atoms with Gasteiger partial charge in [0.1, 0.15) is 12.4 Å². The highest BCUT2D eigenvalue weighted by atomic mass is 19.1. The Kier molecular flexibility index (Phi) is 7.27. The van der Waals surface area contributed by atoms with Crippen LogP contribution in [0.3, 0.4) is 0 Å². The largest absolute Gasteiger partial charge is 0.383 e. The van der Waals surface area contributed by atoms with E-state index in [0.29, 0.717) is 13.1 Å². The summed E-state index contributed by atoms with van der Waals surface area (Å²) in [7, 11) is 1.53. The minimum absolute atomic E-state index is 0.0655. The molecule has 7 nitrogen and oxygen atoms in total. The lowest BCUT2D eigenvalue weighted by molar-refractivity contribution is -0.134. The fraction of sp³-hybridized carbons (Fsp3) is 0.308. The number of nitrogens with zero attached hydrogens (tertiary/aromatic N) is 3. The highest BCUT2D eigenvalue weighted by Crippen LogP contribution is 2.32. The molecule has 1 aromatic heterocycles. The molecule has 1 N–H and O–H groups in total. The van der Waals surface area contributed by atoms with E-state index in [1.165, 1.54) is 24.1 Å². The smallest absolute Gasteiger partial charge is 0.322 e. The maximum absolute atomic E-state index is 14.1. The summed E-state index contributed by atoms with van der Waals surface area (Å²) >= 11 is 0. The van der Waals surface area contributed by atoms with Crippen LogP contribution in [-0.4, -0.2) is 59.7 Å². The Hall–Kier alpha value is -3.65. The molecule has 0 radical (unpaired) electrons. The third kappa shape index (κ3) is 5.12. The molecule has 1 aliphatic rings. The molecular weight excluding hydrogens is 435 g/mol. The number of amides is 3. The zero-order valence-electron chi connectivity index (χ0n) is 19.4. The number of aromatic nitrogens is 1. The van der Waals surface area contributed by atoms with Gasteiger partial charge in [-0.2, -0.15) is 0 Å². The molecule has 1 atom stereocenters. The third-order valence-corrected chi connectivity index (χ3v) is 6.05. The molecule has 3 aromatic rings. The minimum Gasteiger partial charge on any atom is -0.383 e. The second kappa shape index (κ2) is 10.5. The van der Waals surface area contributed by atoms with Gasteiger partial charge in [0.05, 0.1) is 18.3 Å². The monoisotopic (exact) mass is 464 g/mol. The summed E-state index contributed by atoms with van der Waals surface area (Å²) in [6, 6.07) is 17.3. The number of carbonyl (C=O) groups is 2. The van der Waals surface area contributed by atoms with Crippen molar-refractivity contribution < 1.29 is 18.7 Å². The number of hydrogen-bond acceptors (Lipinski definition) is 3. The van der Waals surface area contributed by atoms with Gasteiger partial charge in [-0.1, -0.05) is 42.0 Å². The topological polar surface area (TPSA) is 66.8 Å². The van der Waals surface area contributed by atoms with Crippen LogP contribution in [-0.2, 0) is 16.1 Å². The zero-order chi connectivity index (χ0) is 24.1. The molecule has 0 saturated heterocycles. The van der Waals surface area contributed by atoms with Crippen LogP contribution in [0.1, 0.15) is 22.9 Å². The molecule has 0 fully saturated rings. The van der Waals surface area contributed by atoms with Gasteiger partial charge >= 0.3 is 6.03 Å². The lowest BCUT2D eigenvalue weighted by Crippen LogP contribution is -2.49. The van der Waals surface area contributed by atoms with Crippen LogP contribution in [0.25, 0.3) is 0 Å². The minimum atomic E-state index is -0.553. The summed E-state index contributed by atoms with van der Waals surface area (Å²) in [5, 5.41) is 2.57. The van der Waals surface area contributed by atoms with Gasteiger partial charge in [-0.05, 0) is 36.8 Å². The van der Waals surface area contributed by atoms with E-state index < -0.39 is 11.8 Å². The van der Waals surface area contributed by atoms with Crippen LogP contribution >= 0.6 is 0 Å². The number of methoxy groups -OCH3 is 1. The Balaban J connectivity index is 1.56. The number of urea groups is 1. The van der Waals surface area contributed by atoms with Crippen LogP contribution in [0.4, 0.5) is 14.9 Å². The van der Waals surface area contributed by atoms with Crippen molar-refractivity contribution in [2.75, 3.05) is 38.7 Å². The molecule has 2 heterocycles. The van der Waals surface area contributed by atoms with Gasteiger partial charge in [0.15, 0.2) is 0 Å². The SMILES string of the molecule is COCCN(CC(=O)N1CCn2cccc2C1c1ccc(C)cc1)C(=O)Nc1ccccc1F. The van der Waals surface area contributed by atoms with Gasteiger partial charge in [-0.3, -0.25) is 4.79 Å². The zero-order valence-corrected chi connectivity index (χ0v) is 19.4. The van der Waals surface area contributed by atoms with Crippen molar-refractivity contribution in [2.45, 2.75) is 19.5 Å². The summed E-state index contributed by atoms with van der Waals surface area (Å²) in [4.78, 5) is 29.7. The lowest BCUT2D eigenvalue weighted by Gasteiger charge is -2.38. The molecule has 1 aliphatic heterocycles. The number of halogens is 1. The van der Waals surface area contributed by atoms with Gasteiger partial charge < -0.3 is 24.4 Å². The van der Waals surface area contributed by atoms with Crippen LogP contribution in [0.2, 0.25) is 0 Å². The molecule has 0 spiro atoms. The van der Waals surface area contributed by atoms with Gasteiger partial charge in [-0.15, -0.1) is 0 Å². The summed E-state index contributed by atoms with van der Waals surface area (Å²) < 4.78 is 21.4. The number of aryl methyl sites for hydroxylation is 1. The number of fused-ring (bicyclic) bond motifs is 1. The van der Waals surface area contributed by atoms with Gasteiger partial charge in [-0.25, -0.2) is 9.18 Å². The van der Waals surface area contributed by atoms with Gasteiger partial charge in [0, 0.05) is 38.6 Å². The Morgan fingerprint density at radius 2 is 1.85 bits per heavy atom. The maximum atomic E-state index is 14.1. The summed E-state index contributed by atoms with van der Waals surface area (Å²) in [6.45, 7) is 3.52. The first-order chi connectivity index (χ1) is 16.5. The molecule has 0 bridgehead atoms.